The van der Waals surface area contributed by atoms with Gasteiger partial charge in [-0.05, 0) is 42.9 Å². The van der Waals surface area contributed by atoms with Crippen molar-refractivity contribution in [2.45, 2.75) is 46.1 Å². The normalized spacial score (nSPS) is 18.9. The highest BCUT2D eigenvalue weighted by Crippen LogP contribution is 2.22. The number of likely N-dealkylation sites (tertiary alicyclic amines) is 1. The third kappa shape index (κ3) is 4.73. The quantitative estimate of drug-likeness (QED) is 0.851. The van der Waals surface area contributed by atoms with Crippen LogP contribution >= 0.6 is 0 Å². The first-order valence-corrected chi connectivity index (χ1v) is 7.65. The lowest BCUT2D eigenvalue weighted by Gasteiger charge is -2.32. The third-order valence-corrected chi connectivity index (χ3v) is 3.70. The molecule has 21 heavy (non-hydrogen) atoms. The van der Waals surface area contributed by atoms with Crippen molar-refractivity contribution in [1.29, 1.82) is 0 Å². The zero-order valence-electron chi connectivity index (χ0n) is 13.1. The largest absolute Gasteiger partial charge is 0.488 e. The second-order valence-electron chi connectivity index (χ2n) is 6.24. The molecule has 0 N–H and O–H groups in total. The van der Waals surface area contributed by atoms with E-state index in [0.717, 1.165) is 31.4 Å². The fourth-order valence-electron chi connectivity index (χ4n) is 2.79. The number of amides is 1. The van der Waals surface area contributed by atoms with Crippen LogP contribution in [0.3, 0.4) is 0 Å². The molecule has 0 saturated carbocycles. The van der Waals surface area contributed by atoms with Crippen molar-refractivity contribution < 1.29 is 13.9 Å². The van der Waals surface area contributed by atoms with Crippen LogP contribution in [0.5, 0.6) is 5.75 Å². The van der Waals surface area contributed by atoms with E-state index in [1.807, 2.05) is 6.07 Å². The van der Waals surface area contributed by atoms with E-state index < -0.39 is 0 Å². The van der Waals surface area contributed by atoms with E-state index in [-0.39, 0.29) is 17.8 Å². The molecule has 0 aliphatic carbocycles. The summed E-state index contributed by atoms with van der Waals surface area (Å²) in [6, 6.07) is 4.90. The maximum atomic E-state index is 13.7. The van der Waals surface area contributed by atoms with Crippen molar-refractivity contribution >= 4 is 5.91 Å². The van der Waals surface area contributed by atoms with Gasteiger partial charge in [0.05, 0.1) is 6.54 Å². The van der Waals surface area contributed by atoms with E-state index >= 15 is 0 Å². The molecule has 1 amide bonds. The van der Waals surface area contributed by atoms with Gasteiger partial charge in [-0.15, -0.1) is 0 Å². The van der Waals surface area contributed by atoms with Crippen LogP contribution < -0.4 is 4.74 Å². The summed E-state index contributed by atoms with van der Waals surface area (Å²) in [6.07, 6.45) is 2.62. The van der Waals surface area contributed by atoms with Crippen LogP contribution in [0, 0.1) is 11.7 Å². The van der Waals surface area contributed by atoms with Gasteiger partial charge in [0.1, 0.15) is 17.7 Å². The molecule has 1 aromatic carbocycles. The van der Waals surface area contributed by atoms with Crippen LogP contribution in [0.4, 0.5) is 4.39 Å². The molecule has 1 heterocycles. The third-order valence-electron chi connectivity index (χ3n) is 3.70. The highest BCUT2D eigenvalue weighted by molar-refractivity contribution is 5.73. The van der Waals surface area contributed by atoms with Crippen molar-refractivity contribution in [1.82, 2.24) is 4.90 Å². The number of halogens is 1. The van der Waals surface area contributed by atoms with Crippen LogP contribution in [0.15, 0.2) is 18.2 Å². The first-order chi connectivity index (χ1) is 9.94. The Hall–Kier alpha value is -1.58. The minimum atomic E-state index is -0.262. The first-order valence-electron chi connectivity index (χ1n) is 7.65. The van der Waals surface area contributed by atoms with Gasteiger partial charge in [-0.25, -0.2) is 4.39 Å². The summed E-state index contributed by atoms with van der Waals surface area (Å²) in [5.41, 5.74) is 0.958. The highest BCUT2D eigenvalue weighted by atomic mass is 19.1. The molecule has 1 fully saturated rings. The van der Waals surface area contributed by atoms with Crippen LogP contribution in [0.25, 0.3) is 0 Å². The van der Waals surface area contributed by atoms with Gasteiger partial charge >= 0.3 is 0 Å². The number of carbonyl (C=O) groups is 1. The Morgan fingerprint density at radius 1 is 1.43 bits per heavy atom. The van der Waals surface area contributed by atoms with Crippen molar-refractivity contribution in [3.05, 3.63) is 29.6 Å². The summed E-state index contributed by atoms with van der Waals surface area (Å²) in [7, 11) is 0. The molecule has 4 heteroatoms. The van der Waals surface area contributed by atoms with E-state index in [0.29, 0.717) is 18.2 Å². The van der Waals surface area contributed by atoms with Crippen LogP contribution in [-0.2, 0) is 11.2 Å². The SMILES string of the molecule is CC(=O)N1CCCC(Oc2cc(F)cc(CC(C)C)c2)C1. The number of nitrogens with zero attached hydrogens (tertiary/aromatic N) is 1. The van der Waals surface area contributed by atoms with E-state index in [4.69, 9.17) is 4.74 Å². The Kier molecular flexibility index (Phi) is 5.21. The van der Waals surface area contributed by atoms with E-state index in [1.165, 1.54) is 6.07 Å². The van der Waals surface area contributed by atoms with Crippen molar-refractivity contribution in [3.63, 3.8) is 0 Å². The number of piperidine rings is 1. The predicted molar refractivity (Wildman–Crippen MR) is 80.8 cm³/mol. The van der Waals surface area contributed by atoms with E-state index in [2.05, 4.69) is 13.8 Å². The molecule has 1 aromatic rings. The van der Waals surface area contributed by atoms with Crippen molar-refractivity contribution in [2.75, 3.05) is 13.1 Å². The molecule has 3 nitrogen and oxygen atoms in total. The average Bonchev–Trinajstić information content (AvgIpc) is 2.37. The Morgan fingerprint density at radius 3 is 2.86 bits per heavy atom. The molecule has 1 saturated heterocycles. The average molecular weight is 293 g/mol. The molecular formula is C17H24FNO2. The second kappa shape index (κ2) is 6.92. The topological polar surface area (TPSA) is 29.5 Å². The molecule has 116 valence electrons. The highest BCUT2D eigenvalue weighted by Gasteiger charge is 2.23. The Bertz CT molecular complexity index is 502. The Morgan fingerprint density at radius 2 is 2.19 bits per heavy atom. The molecule has 1 aliphatic rings. The molecule has 1 atom stereocenters. The fraction of sp³-hybridized carbons (Fsp3) is 0.588. The molecule has 0 bridgehead atoms. The smallest absolute Gasteiger partial charge is 0.219 e. The summed E-state index contributed by atoms with van der Waals surface area (Å²) in [5.74, 6) is 0.856. The summed E-state index contributed by atoms with van der Waals surface area (Å²) >= 11 is 0. The van der Waals surface area contributed by atoms with Gasteiger partial charge in [0, 0.05) is 19.5 Å². The van der Waals surface area contributed by atoms with Gasteiger partial charge in [-0.2, -0.15) is 0 Å². The summed E-state index contributed by atoms with van der Waals surface area (Å²) < 4.78 is 19.6. The number of hydrogen-bond acceptors (Lipinski definition) is 2. The van der Waals surface area contributed by atoms with Gasteiger partial charge in [0.25, 0.3) is 0 Å². The number of ether oxygens (including phenoxy) is 1. The molecular weight excluding hydrogens is 269 g/mol. The lowest BCUT2D eigenvalue weighted by Crippen LogP contribution is -2.43. The van der Waals surface area contributed by atoms with Crippen LogP contribution in [-0.4, -0.2) is 30.0 Å². The second-order valence-corrected chi connectivity index (χ2v) is 6.24. The maximum absolute atomic E-state index is 13.7. The minimum absolute atomic E-state index is 0.0450. The molecule has 1 unspecified atom stereocenters. The summed E-state index contributed by atoms with van der Waals surface area (Å²) in [5, 5.41) is 0. The zero-order chi connectivity index (χ0) is 15.4. The number of carbonyl (C=O) groups excluding carboxylic acids is 1. The Labute approximate surface area is 126 Å². The van der Waals surface area contributed by atoms with Crippen molar-refractivity contribution in [3.8, 4) is 5.75 Å². The van der Waals surface area contributed by atoms with Gasteiger partial charge in [-0.1, -0.05) is 13.8 Å². The van der Waals surface area contributed by atoms with E-state index in [1.54, 1.807) is 17.9 Å². The van der Waals surface area contributed by atoms with Gasteiger partial charge in [-0.3, -0.25) is 4.79 Å². The predicted octanol–water partition coefficient (Wildman–Crippen LogP) is 3.41. The maximum Gasteiger partial charge on any atom is 0.219 e. The molecule has 0 spiro atoms. The molecule has 2 rings (SSSR count). The van der Waals surface area contributed by atoms with Gasteiger partial charge in [0.15, 0.2) is 0 Å². The lowest BCUT2D eigenvalue weighted by atomic mass is 10.0. The molecule has 0 aromatic heterocycles. The summed E-state index contributed by atoms with van der Waals surface area (Å²) in [6.45, 7) is 7.17. The zero-order valence-corrected chi connectivity index (χ0v) is 13.1. The minimum Gasteiger partial charge on any atom is -0.488 e. The molecule has 1 aliphatic heterocycles. The number of hydrogen-bond donors (Lipinski definition) is 0. The lowest BCUT2D eigenvalue weighted by molar-refractivity contribution is -0.131. The first kappa shape index (κ1) is 15.8. The van der Waals surface area contributed by atoms with Crippen LogP contribution in [0.2, 0.25) is 0 Å². The number of rotatable bonds is 4. The fourth-order valence-corrected chi connectivity index (χ4v) is 2.79. The number of benzene rings is 1. The van der Waals surface area contributed by atoms with E-state index in [9.17, 15) is 9.18 Å². The standard InChI is InChI=1S/C17H24FNO2/c1-12(2)7-14-8-15(18)10-17(9-14)21-16-5-4-6-19(11-16)13(3)20/h8-10,12,16H,4-7,11H2,1-3H3. The van der Waals surface area contributed by atoms with Gasteiger partial charge < -0.3 is 9.64 Å². The summed E-state index contributed by atoms with van der Waals surface area (Å²) in [4.78, 5) is 13.2. The van der Waals surface area contributed by atoms with Crippen molar-refractivity contribution in [2.24, 2.45) is 5.92 Å². The van der Waals surface area contributed by atoms with Gasteiger partial charge in [0.2, 0.25) is 5.91 Å². The Balaban J connectivity index is 2.04. The van der Waals surface area contributed by atoms with Crippen LogP contribution in [0.1, 0.15) is 39.2 Å². The monoisotopic (exact) mass is 293 g/mol. The molecule has 0 radical (unpaired) electrons.